The lowest BCUT2D eigenvalue weighted by atomic mass is 10.0. The van der Waals surface area contributed by atoms with Gasteiger partial charge < -0.3 is 20.4 Å². The van der Waals surface area contributed by atoms with Crippen LogP contribution in [0.5, 0.6) is 0 Å². The van der Waals surface area contributed by atoms with Crippen LogP contribution in [0.3, 0.4) is 0 Å². The van der Waals surface area contributed by atoms with Crippen LogP contribution in [0.15, 0.2) is 35.3 Å². The zero-order valence-corrected chi connectivity index (χ0v) is 23.8. The van der Waals surface area contributed by atoms with Crippen molar-refractivity contribution in [2.75, 3.05) is 51.1 Å². The zero-order chi connectivity index (χ0) is 28.2. The molecule has 3 heterocycles. The summed E-state index contributed by atoms with van der Waals surface area (Å²) >= 11 is 0. The molecule has 1 aromatic carbocycles. The Balaban J connectivity index is 1.33. The van der Waals surface area contributed by atoms with E-state index in [1.54, 1.807) is 35.9 Å². The number of carbonyl (C=O) groups excluding carboxylic acids is 2. The van der Waals surface area contributed by atoms with Gasteiger partial charge in [-0.3, -0.25) is 14.7 Å². The van der Waals surface area contributed by atoms with E-state index in [1.165, 1.54) is 42.5 Å². The molecule has 4 rings (SSSR count). The predicted molar refractivity (Wildman–Crippen MR) is 153 cm³/mol. The smallest absolute Gasteiger partial charge is 0.338 e. The van der Waals surface area contributed by atoms with Gasteiger partial charge in [0.25, 0.3) is 0 Å². The van der Waals surface area contributed by atoms with Crippen LogP contribution < -0.4 is 16.7 Å². The third kappa shape index (κ3) is 7.45. The minimum atomic E-state index is -0.942. The number of piperazine rings is 1. The maximum absolute atomic E-state index is 12.8. The molecular formula is C29H43N7O3. The molecule has 1 aromatic heterocycles. The number of nitrogens with zero attached hydrogens (tertiary/aromatic N) is 5. The number of aromatic nitrogens is 2. The first kappa shape index (κ1) is 28.8. The van der Waals surface area contributed by atoms with Crippen LogP contribution in [-0.2, 0) is 11.2 Å². The lowest BCUT2D eigenvalue weighted by molar-refractivity contribution is -0.137. The van der Waals surface area contributed by atoms with Gasteiger partial charge in [0.05, 0.1) is 11.2 Å². The van der Waals surface area contributed by atoms with Crippen molar-refractivity contribution in [1.82, 2.24) is 24.3 Å². The number of carbonyl (C=O) groups is 2. The van der Waals surface area contributed by atoms with Crippen LogP contribution in [0.2, 0.25) is 0 Å². The van der Waals surface area contributed by atoms with Crippen molar-refractivity contribution in [1.29, 1.82) is 0 Å². The fraction of sp³-hybridized carbons (Fsp3) is 0.586. The van der Waals surface area contributed by atoms with Crippen LogP contribution in [0.25, 0.3) is 5.69 Å². The average Bonchev–Trinajstić information content (AvgIpc) is 3.11. The zero-order valence-electron chi connectivity index (χ0n) is 23.8. The van der Waals surface area contributed by atoms with Crippen molar-refractivity contribution < 1.29 is 9.59 Å². The highest BCUT2D eigenvalue weighted by Gasteiger charge is 2.31. The van der Waals surface area contributed by atoms with E-state index in [9.17, 15) is 14.4 Å². The van der Waals surface area contributed by atoms with Crippen molar-refractivity contribution in [3.05, 3.63) is 52.1 Å². The maximum atomic E-state index is 12.8. The number of rotatable bonds is 6. The number of hydrogen-bond donors (Lipinski definition) is 2. The number of benzene rings is 1. The summed E-state index contributed by atoms with van der Waals surface area (Å²) in [5.74, 6) is 0.880. The highest BCUT2D eigenvalue weighted by atomic mass is 16.2. The van der Waals surface area contributed by atoms with Gasteiger partial charge in [-0.05, 0) is 94.8 Å². The summed E-state index contributed by atoms with van der Waals surface area (Å²) in [5.41, 5.74) is 7.70. The number of amides is 3. The van der Waals surface area contributed by atoms with E-state index in [0.717, 1.165) is 30.1 Å². The number of likely N-dealkylation sites (tertiary alicyclic amines) is 1. The lowest BCUT2D eigenvalue weighted by Gasteiger charge is -2.37. The summed E-state index contributed by atoms with van der Waals surface area (Å²) in [6, 6.07) is 7.35. The molecule has 2 aliphatic heterocycles. The van der Waals surface area contributed by atoms with Crippen LogP contribution in [0, 0.1) is 12.8 Å². The van der Waals surface area contributed by atoms with Crippen LogP contribution in [-0.4, -0.2) is 87.5 Å². The topological polar surface area (TPSA) is 117 Å². The third-order valence-electron chi connectivity index (χ3n) is 7.86. The predicted octanol–water partition coefficient (Wildman–Crippen LogP) is 2.62. The van der Waals surface area contributed by atoms with Gasteiger partial charge in [-0.2, -0.15) is 4.98 Å². The highest BCUT2D eigenvalue weighted by molar-refractivity contribution is 5.89. The number of nitrogens with one attached hydrogen (secondary N) is 1. The molecule has 2 fully saturated rings. The van der Waals surface area contributed by atoms with E-state index in [2.05, 4.69) is 35.1 Å². The van der Waals surface area contributed by atoms with Gasteiger partial charge in [0.2, 0.25) is 5.91 Å². The first-order chi connectivity index (χ1) is 18.5. The lowest BCUT2D eigenvalue weighted by Crippen LogP contribution is -2.58. The molecule has 212 valence electrons. The second-order valence-electron chi connectivity index (χ2n) is 11.6. The number of aryl methyl sites for hydroxylation is 1. The molecule has 2 aliphatic rings. The Bertz CT molecular complexity index is 1230. The molecular weight excluding hydrogens is 494 g/mol. The summed E-state index contributed by atoms with van der Waals surface area (Å²) in [7, 11) is 0. The molecule has 0 bridgehead atoms. The Morgan fingerprint density at radius 2 is 1.77 bits per heavy atom. The van der Waals surface area contributed by atoms with Crippen LogP contribution in [0.4, 0.5) is 10.6 Å². The summed E-state index contributed by atoms with van der Waals surface area (Å²) in [4.78, 5) is 47.9. The van der Waals surface area contributed by atoms with Gasteiger partial charge in [-0.25, -0.2) is 9.59 Å². The monoisotopic (exact) mass is 537 g/mol. The molecule has 1 unspecified atom stereocenters. The Hall–Kier alpha value is -3.24. The second kappa shape index (κ2) is 12.3. The van der Waals surface area contributed by atoms with Gasteiger partial charge in [0, 0.05) is 38.9 Å². The minimum Gasteiger partial charge on any atom is -0.338 e. The fourth-order valence-corrected chi connectivity index (χ4v) is 5.31. The van der Waals surface area contributed by atoms with Crippen molar-refractivity contribution in [3.8, 4) is 5.69 Å². The van der Waals surface area contributed by atoms with Gasteiger partial charge >= 0.3 is 11.7 Å². The van der Waals surface area contributed by atoms with Crippen molar-refractivity contribution >= 4 is 17.8 Å². The molecule has 2 aromatic rings. The third-order valence-corrected chi connectivity index (χ3v) is 7.86. The number of hydrogen-bond acceptors (Lipinski definition) is 6. The molecule has 3 amide bonds. The number of anilines is 1. The van der Waals surface area contributed by atoms with Crippen molar-refractivity contribution in [2.24, 2.45) is 11.7 Å². The van der Waals surface area contributed by atoms with E-state index < -0.39 is 11.2 Å². The standard InChI is InChI=1S/C29H43N7O3/c1-21-6-5-12-33(13-9-21)14-10-23-7-8-24(20-22(23)2)36-15-11-25(32-28(36)39)31-27(38)35-18-16-34(17-19-35)26(37)29(3,4)30/h7-8,11,15,20-21H,5-6,9-10,12-14,16-19,30H2,1-4H3,(H,31,32,38,39). The molecule has 0 spiro atoms. The Labute approximate surface area is 231 Å². The van der Waals surface area contributed by atoms with Gasteiger partial charge in [0.1, 0.15) is 5.82 Å². The SMILES string of the molecule is Cc1cc(-n2ccc(NC(=O)N3CCN(C(=O)C(C)(C)N)CC3)nc2=O)ccc1CCN1CCCC(C)CC1. The van der Waals surface area contributed by atoms with E-state index >= 15 is 0 Å². The number of nitrogens with two attached hydrogens (primary N) is 1. The molecule has 39 heavy (non-hydrogen) atoms. The highest BCUT2D eigenvalue weighted by Crippen LogP contribution is 2.19. The fourth-order valence-electron chi connectivity index (χ4n) is 5.31. The summed E-state index contributed by atoms with van der Waals surface area (Å²) in [6.07, 6.45) is 6.50. The quantitative estimate of drug-likeness (QED) is 0.585. The van der Waals surface area contributed by atoms with E-state index in [-0.39, 0.29) is 17.8 Å². The van der Waals surface area contributed by atoms with Crippen LogP contribution in [0.1, 0.15) is 51.2 Å². The average molecular weight is 538 g/mol. The van der Waals surface area contributed by atoms with Gasteiger partial charge in [-0.1, -0.05) is 13.0 Å². The molecule has 10 heteroatoms. The molecule has 1 atom stereocenters. The van der Waals surface area contributed by atoms with E-state index in [1.807, 2.05) is 12.1 Å². The summed E-state index contributed by atoms with van der Waals surface area (Å²) in [6.45, 7) is 12.8. The summed E-state index contributed by atoms with van der Waals surface area (Å²) < 4.78 is 1.49. The largest absolute Gasteiger partial charge is 0.354 e. The Morgan fingerprint density at radius 1 is 1.05 bits per heavy atom. The molecule has 0 saturated carbocycles. The van der Waals surface area contributed by atoms with Crippen LogP contribution >= 0.6 is 0 Å². The molecule has 0 radical (unpaired) electrons. The van der Waals surface area contributed by atoms with E-state index in [4.69, 9.17) is 5.73 Å². The maximum Gasteiger partial charge on any atom is 0.354 e. The first-order valence-electron chi connectivity index (χ1n) is 14.1. The Kier molecular flexibility index (Phi) is 9.07. The molecule has 3 N–H and O–H groups in total. The normalized spacial score (nSPS) is 19.1. The molecule has 10 nitrogen and oxygen atoms in total. The molecule has 0 aliphatic carbocycles. The first-order valence-corrected chi connectivity index (χ1v) is 14.1. The van der Waals surface area contributed by atoms with Crippen molar-refractivity contribution in [3.63, 3.8) is 0 Å². The Morgan fingerprint density at radius 3 is 2.44 bits per heavy atom. The van der Waals surface area contributed by atoms with Gasteiger partial charge in [0.15, 0.2) is 0 Å². The summed E-state index contributed by atoms with van der Waals surface area (Å²) in [5, 5.41) is 2.71. The van der Waals surface area contributed by atoms with Crippen molar-refractivity contribution in [2.45, 2.75) is 58.9 Å². The number of urea groups is 1. The van der Waals surface area contributed by atoms with E-state index in [0.29, 0.717) is 26.2 Å². The second-order valence-corrected chi connectivity index (χ2v) is 11.6. The van der Waals surface area contributed by atoms with Gasteiger partial charge in [-0.15, -0.1) is 0 Å². The molecule has 2 saturated heterocycles. The minimum absolute atomic E-state index is 0.136.